The summed E-state index contributed by atoms with van der Waals surface area (Å²) >= 11 is 0. The fourth-order valence-electron chi connectivity index (χ4n) is 1.58. The van der Waals surface area contributed by atoms with Crippen molar-refractivity contribution in [2.45, 2.75) is 19.6 Å². The van der Waals surface area contributed by atoms with Crippen LogP contribution in [0.25, 0.3) is 0 Å². The number of nitrogens with two attached hydrogens (primary N) is 1. The molecule has 0 bridgehead atoms. The molecule has 0 fully saturated rings. The van der Waals surface area contributed by atoms with Crippen LogP contribution in [0.1, 0.15) is 12.5 Å². The molecule has 9 heteroatoms. The van der Waals surface area contributed by atoms with Gasteiger partial charge in [-0.1, -0.05) is 6.07 Å². The van der Waals surface area contributed by atoms with Crippen molar-refractivity contribution in [1.82, 2.24) is 10.6 Å². The molecule has 114 valence electrons. The third-order valence-corrected chi connectivity index (χ3v) is 2.52. The van der Waals surface area contributed by atoms with E-state index >= 15 is 0 Å². The molecule has 1 unspecified atom stereocenters. The van der Waals surface area contributed by atoms with Crippen molar-refractivity contribution in [1.29, 1.82) is 0 Å². The molecule has 9 nitrogen and oxygen atoms in total. The number of nitrogens with one attached hydrogen (secondary N) is 2. The summed E-state index contributed by atoms with van der Waals surface area (Å²) in [5.41, 5.74) is 5.30. The molecule has 3 amide bonds. The second kappa shape index (κ2) is 7.20. The number of ether oxygens (including phenoxy) is 1. The molecule has 21 heavy (non-hydrogen) atoms. The van der Waals surface area contributed by atoms with Crippen molar-refractivity contribution in [2.75, 3.05) is 7.05 Å². The number of nitro benzene ring substituents is 1. The highest BCUT2D eigenvalue weighted by molar-refractivity contribution is 5.95. The number of hydrogen-bond donors (Lipinski definition) is 3. The number of hydrogen-bond acceptors (Lipinski definition) is 6. The van der Waals surface area contributed by atoms with Gasteiger partial charge in [0.05, 0.1) is 4.92 Å². The molecule has 1 atom stereocenters. The van der Waals surface area contributed by atoms with E-state index in [0.29, 0.717) is 6.54 Å². The van der Waals surface area contributed by atoms with Gasteiger partial charge in [-0.25, -0.2) is 4.79 Å². The summed E-state index contributed by atoms with van der Waals surface area (Å²) in [4.78, 5) is 32.5. The number of nitrogens with zero attached hydrogens (tertiary/aromatic N) is 1. The maximum absolute atomic E-state index is 11.5. The summed E-state index contributed by atoms with van der Waals surface area (Å²) in [6.45, 7) is 1.84. The molecule has 0 aromatic heterocycles. The smallest absolute Gasteiger partial charge is 0.318 e. The summed E-state index contributed by atoms with van der Waals surface area (Å²) in [5, 5.41) is 15.7. The first-order valence-electron chi connectivity index (χ1n) is 6.04. The summed E-state index contributed by atoms with van der Waals surface area (Å²) in [5.74, 6) is -0.837. The van der Waals surface area contributed by atoms with Crippen LogP contribution >= 0.6 is 0 Å². The average Bonchev–Trinajstić information content (AvgIpc) is 2.38. The van der Waals surface area contributed by atoms with Gasteiger partial charge in [0.15, 0.2) is 11.9 Å². The lowest BCUT2D eigenvalue weighted by Crippen LogP contribution is -2.42. The van der Waals surface area contributed by atoms with Crippen molar-refractivity contribution in [3.05, 3.63) is 33.9 Å². The van der Waals surface area contributed by atoms with Crippen LogP contribution in [0.15, 0.2) is 18.2 Å². The minimum absolute atomic E-state index is 0.0557. The van der Waals surface area contributed by atoms with Crippen molar-refractivity contribution >= 4 is 17.6 Å². The van der Waals surface area contributed by atoms with Gasteiger partial charge < -0.3 is 15.8 Å². The molecule has 0 spiro atoms. The van der Waals surface area contributed by atoms with Crippen molar-refractivity contribution in [3.63, 3.8) is 0 Å². The van der Waals surface area contributed by atoms with Crippen molar-refractivity contribution in [2.24, 2.45) is 5.73 Å². The lowest BCUT2D eigenvalue weighted by atomic mass is 10.2. The molecule has 4 N–H and O–H groups in total. The number of benzene rings is 1. The number of urea groups is 1. The molecule has 1 aromatic rings. The van der Waals surface area contributed by atoms with E-state index in [1.54, 1.807) is 13.1 Å². The van der Waals surface area contributed by atoms with E-state index in [9.17, 15) is 19.7 Å². The molecule has 0 aliphatic heterocycles. The van der Waals surface area contributed by atoms with E-state index in [1.807, 2.05) is 5.32 Å². The van der Waals surface area contributed by atoms with Gasteiger partial charge in [0.2, 0.25) is 0 Å². The molecule has 0 heterocycles. The lowest BCUT2D eigenvalue weighted by molar-refractivity contribution is -0.386. The SMILES string of the molecule is CNCc1ccc([N+](=O)[O-])c(OC(C)C(=O)NC(N)=O)c1. The maximum atomic E-state index is 11.5. The van der Waals surface area contributed by atoms with Gasteiger partial charge in [-0.3, -0.25) is 20.2 Å². The number of rotatable bonds is 6. The molecule has 0 aliphatic carbocycles. The van der Waals surface area contributed by atoms with Crippen molar-refractivity contribution < 1.29 is 19.2 Å². The molecule has 0 radical (unpaired) electrons. The zero-order valence-electron chi connectivity index (χ0n) is 11.6. The van der Waals surface area contributed by atoms with E-state index in [0.717, 1.165) is 5.56 Å². The Kier molecular flexibility index (Phi) is 5.61. The molecule has 1 rings (SSSR count). The second-order valence-electron chi connectivity index (χ2n) is 4.20. The predicted molar refractivity (Wildman–Crippen MR) is 73.7 cm³/mol. The Bertz CT molecular complexity index is 561. The number of amides is 3. The van der Waals surface area contributed by atoms with E-state index in [4.69, 9.17) is 10.5 Å². The Balaban J connectivity index is 2.98. The topological polar surface area (TPSA) is 137 Å². The van der Waals surface area contributed by atoms with Gasteiger partial charge in [0.1, 0.15) is 0 Å². The molecule has 0 aliphatic rings. The molecule has 0 saturated heterocycles. The van der Waals surface area contributed by atoms with Crippen LogP contribution in [0.5, 0.6) is 5.75 Å². The fraction of sp³-hybridized carbons (Fsp3) is 0.333. The van der Waals surface area contributed by atoms with Gasteiger partial charge in [0.25, 0.3) is 5.91 Å². The van der Waals surface area contributed by atoms with Gasteiger partial charge in [0, 0.05) is 12.6 Å². The normalized spacial score (nSPS) is 11.5. The van der Waals surface area contributed by atoms with Crippen LogP contribution in [0.2, 0.25) is 0 Å². The first kappa shape index (κ1) is 16.4. The first-order valence-corrected chi connectivity index (χ1v) is 6.04. The Labute approximate surface area is 120 Å². The van der Waals surface area contributed by atoms with Gasteiger partial charge >= 0.3 is 11.7 Å². The minimum Gasteiger partial charge on any atom is -0.474 e. The number of imide groups is 1. The number of nitro groups is 1. The maximum Gasteiger partial charge on any atom is 0.318 e. The molecule has 1 aromatic carbocycles. The summed E-state index contributed by atoms with van der Waals surface area (Å²) in [7, 11) is 1.73. The fourth-order valence-corrected chi connectivity index (χ4v) is 1.58. The van der Waals surface area contributed by atoms with E-state index < -0.39 is 23.0 Å². The van der Waals surface area contributed by atoms with E-state index in [1.165, 1.54) is 19.1 Å². The van der Waals surface area contributed by atoms with Crippen LogP contribution in [0, 0.1) is 10.1 Å². The molecular weight excluding hydrogens is 280 g/mol. The van der Waals surface area contributed by atoms with Crippen LogP contribution in [0.3, 0.4) is 0 Å². The molecular formula is C12H16N4O5. The van der Waals surface area contributed by atoms with Crippen molar-refractivity contribution in [3.8, 4) is 5.75 Å². The standard InChI is InChI=1S/C12H16N4O5/c1-7(11(17)15-12(13)18)21-10-5-8(6-14-2)3-4-9(10)16(19)20/h3-5,7,14H,6H2,1-2H3,(H3,13,15,17,18). The zero-order valence-corrected chi connectivity index (χ0v) is 11.6. The second-order valence-corrected chi connectivity index (χ2v) is 4.20. The third kappa shape index (κ3) is 4.73. The van der Waals surface area contributed by atoms with E-state index in [-0.39, 0.29) is 11.4 Å². The highest BCUT2D eigenvalue weighted by Crippen LogP contribution is 2.28. The highest BCUT2D eigenvalue weighted by Gasteiger charge is 2.22. The van der Waals surface area contributed by atoms with Crippen LogP contribution in [-0.4, -0.2) is 30.0 Å². The summed E-state index contributed by atoms with van der Waals surface area (Å²) in [6, 6.07) is 3.31. The summed E-state index contributed by atoms with van der Waals surface area (Å²) in [6.07, 6.45) is -1.11. The number of primary amides is 1. The van der Waals surface area contributed by atoms with Gasteiger partial charge in [-0.05, 0) is 25.6 Å². The quantitative estimate of drug-likeness (QED) is 0.509. The Morgan fingerprint density at radius 3 is 2.67 bits per heavy atom. The lowest BCUT2D eigenvalue weighted by Gasteiger charge is -2.14. The van der Waals surface area contributed by atoms with Crippen LogP contribution in [-0.2, 0) is 11.3 Å². The summed E-state index contributed by atoms with van der Waals surface area (Å²) < 4.78 is 5.27. The van der Waals surface area contributed by atoms with Crippen LogP contribution < -0.4 is 21.1 Å². The van der Waals surface area contributed by atoms with Gasteiger partial charge in [-0.2, -0.15) is 0 Å². The first-order chi connectivity index (χ1) is 9.85. The predicted octanol–water partition coefficient (Wildman–Crippen LogP) is 0.276. The Hall–Kier alpha value is -2.68. The Morgan fingerprint density at radius 2 is 2.14 bits per heavy atom. The minimum atomic E-state index is -1.11. The number of carbonyl (C=O) groups excluding carboxylic acids is 2. The average molecular weight is 296 g/mol. The van der Waals surface area contributed by atoms with Crippen LogP contribution in [0.4, 0.5) is 10.5 Å². The third-order valence-electron chi connectivity index (χ3n) is 2.52. The Morgan fingerprint density at radius 1 is 1.48 bits per heavy atom. The zero-order chi connectivity index (χ0) is 16.0. The number of carbonyl (C=O) groups is 2. The largest absolute Gasteiger partial charge is 0.474 e. The molecule has 0 saturated carbocycles. The van der Waals surface area contributed by atoms with Gasteiger partial charge in [-0.15, -0.1) is 0 Å². The monoisotopic (exact) mass is 296 g/mol. The van der Waals surface area contributed by atoms with E-state index in [2.05, 4.69) is 5.32 Å². The highest BCUT2D eigenvalue weighted by atomic mass is 16.6.